The number of primary sulfonamides is 1. The highest BCUT2D eigenvalue weighted by Gasteiger charge is 2.27. The number of carbonyl (C=O) groups excluding carboxylic acids is 1. The van der Waals surface area contributed by atoms with Gasteiger partial charge in [0.2, 0.25) is 10.0 Å². The molecule has 1 saturated heterocycles. The number of piperazine rings is 1. The van der Waals surface area contributed by atoms with E-state index in [2.05, 4.69) is 11.8 Å². The van der Waals surface area contributed by atoms with Crippen LogP contribution in [0.2, 0.25) is 5.02 Å². The molecule has 1 atom stereocenters. The van der Waals surface area contributed by atoms with E-state index < -0.39 is 10.0 Å². The Bertz CT molecular complexity index is 1030. The van der Waals surface area contributed by atoms with Gasteiger partial charge in [0.15, 0.2) is 0 Å². The van der Waals surface area contributed by atoms with E-state index in [4.69, 9.17) is 16.7 Å². The second-order valence-electron chi connectivity index (χ2n) is 7.49. The molecular weight excluding hydrogens is 410 g/mol. The standard InChI is InChI=1S/C21H26ClN3O3S/c1-14-12-17(13-20(15(14)2)29(23,27)28)21(26)25-10-8-24(9-11-25)16(3)18-6-4-5-7-19(18)22/h4-7,12-13,16H,8-11H2,1-3H3,(H2,23,27,28). The summed E-state index contributed by atoms with van der Waals surface area (Å²) in [7, 11) is -3.89. The van der Waals surface area contributed by atoms with Crippen LogP contribution in [-0.2, 0) is 10.0 Å². The lowest BCUT2D eigenvalue weighted by Crippen LogP contribution is -2.49. The van der Waals surface area contributed by atoms with Gasteiger partial charge in [0.05, 0.1) is 4.90 Å². The lowest BCUT2D eigenvalue weighted by atomic mass is 10.0. The van der Waals surface area contributed by atoms with Crippen molar-refractivity contribution in [2.45, 2.75) is 31.7 Å². The van der Waals surface area contributed by atoms with Crippen molar-refractivity contribution in [2.75, 3.05) is 26.2 Å². The molecule has 1 amide bonds. The van der Waals surface area contributed by atoms with Gasteiger partial charge in [-0.3, -0.25) is 9.69 Å². The highest BCUT2D eigenvalue weighted by atomic mass is 35.5. The SMILES string of the molecule is Cc1cc(C(=O)N2CCN(C(C)c3ccccc3Cl)CC2)cc(S(N)(=O)=O)c1C. The van der Waals surface area contributed by atoms with E-state index >= 15 is 0 Å². The first-order valence-electron chi connectivity index (χ1n) is 9.51. The first-order chi connectivity index (χ1) is 13.6. The molecule has 0 aromatic heterocycles. The fourth-order valence-electron chi connectivity index (χ4n) is 3.75. The Kier molecular flexibility index (Phi) is 6.33. The third kappa shape index (κ3) is 4.64. The lowest BCUT2D eigenvalue weighted by Gasteiger charge is -2.38. The summed E-state index contributed by atoms with van der Waals surface area (Å²) in [5.41, 5.74) is 2.72. The van der Waals surface area contributed by atoms with Crippen LogP contribution in [0.5, 0.6) is 0 Å². The minimum atomic E-state index is -3.89. The minimum absolute atomic E-state index is 0.00632. The van der Waals surface area contributed by atoms with Gasteiger partial charge >= 0.3 is 0 Å². The van der Waals surface area contributed by atoms with Crippen LogP contribution in [0.25, 0.3) is 0 Å². The van der Waals surface area contributed by atoms with E-state index in [1.165, 1.54) is 6.07 Å². The Morgan fingerprint density at radius 3 is 2.31 bits per heavy atom. The summed E-state index contributed by atoms with van der Waals surface area (Å²) in [6, 6.07) is 11.1. The molecule has 1 heterocycles. The molecule has 2 aromatic carbocycles. The van der Waals surface area contributed by atoms with Gasteiger partial charge in [0.1, 0.15) is 0 Å². The van der Waals surface area contributed by atoms with Crippen molar-refractivity contribution in [3.8, 4) is 0 Å². The third-order valence-electron chi connectivity index (χ3n) is 5.68. The fourth-order valence-corrected chi connectivity index (χ4v) is 4.92. The van der Waals surface area contributed by atoms with Gasteiger partial charge in [-0.1, -0.05) is 29.8 Å². The van der Waals surface area contributed by atoms with Crippen molar-refractivity contribution in [2.24, 2.45) is 5.14 Å². The number of nitrogens with two attached hydrogens (primary N) is 1. The van der Waals surface area contributed by atoms with Crippen molar-refractivity contribution in [3.05, 3.63) is 63.7 Å². The molecule has 1 fully saturated rings. The quantitative estimate of drug-likeness (QED) is 0.799. The van der Waals surface area contributed by atoms with E-state index in [9.17, 15) is 13.2 Å². The average molecular weight is 436 g/mol. The number of hydrogen-bond donors (Lipinski definition) is 1. The van der Waals surface area contributed by atoms with E-state index in [1.54, 1.807) is 24.8 Å². The summed E-state index contributed by atoms with van der Waals surface area (Å²) in [5, 5.41) is 6.06. The molecule has 1 unspecified atom stereocenters. The number of sulfonamides is 1. The maximum atomic E-state index is 13.0. The Labute approximate surface area is 177 Å². The smallest absolute Gasteiger partial charge is 0.253 e. The lowest BCUT2D eigenvalue weighted by molar-refractivity contribution is 0.0582. The van der Waals surface area contributed by atoms with Gasteiger partial charge in [-0.05, 0) is 55.7 Å². The molecule has 0 saturated carbocycles. The van der Waals surface area contributed by atoms with Gasteiger partial charge < -0.3 is 4.90 Å². The van der Waals surface area contributed by atoms with E-state index in [-0.39, 0.29) is 16.8 Å². The van der Waals surface area contributed by atoms with Crippen LogP contribution in [0.15, 0.2) is 41.3 Å². The van der Waals surface area contributed by atoms with Gasteiger partial charge in [0, 0.05) is 42.8 Å². The average Bonchev–Trinajstić information content (AvgIpc) is 2.68. The van der Waals surface area contributed by atoms with Gasteiger partial charge in [-0.25, -0.2) is 13.6 Å². The number of rotatable bonds is 4. The monoisotopic (exact) mass is 435 g/mol. The molecule has 1 aliphatic heterocycles. The molecule has 0 radical (unpaired) electrons. The largest absolute Gasteiger partial charge is 0.336 e. The van der Waals surface area contributed by atoms with Crippen LogP contribution in [0, 0.1) is 13.8 Å². The Morgan fingerprint density at radius 1 is 1.10 bits per heavy atom. The maximum Gasteiger partial charge on any atom is 0.253 e. The summed E-state index contributed by atoms with van der Waals surface area (Å²) in [6.45, 7) is 8.13. The van der Waals surface area contributed by atoms with Crippen molar-refractivity contribution in [1.29, 1.82) is 0 Å². The first-order valence-corrected chi connectivity index (χ1v) is 11.4. The molecule has 0 bridgehead atoms. The number of benzene rings is 2. The predicted molar refractivity (Wildman–Crippen MR) is 115 cm³/mol. The molecule has 6 nitrogen and oxygen atoms in total. The summed E-state index contributed by atoms with van der Waals surface area (Å²) < 4.78 is 23.7. The predicted octanol–water partition coefficient (Wildman–Crippen LogP) is 3.12. The Morgan fingerprint density at radius 2 is 1.72 bits per heavy atom. The van der Waals surface area contributed by atoms with Gasteiger partial charge in [-0.2, -0.15) is 0 Å². The number of nitrogens with zero attached hydrogens (tertiary/aromatic N) is 2. The minimum Gasteiger partial charge on any atom is -0.336 e. The van der Waals surface area contributed by atoms with Crippen molar-refractivity contribution < 1.29 is 13.2 Å². The second kappa shape index (κ2) is 8.44. The number of amides is 1. The fraction of sp³-hybridized carbons (Fsp3) is 0.381. The summed E-state index contributed by atoms with van der Waals surface area (Å²) in [4.78, 5) is 17.0. The van der Waals surface area contributed by atoms with Gasteiger partial charge in [0.25, 0.3) is 5.91 Å². The molecule has 0 spiro atoms. The number of aryl methyl sites for hydroxylation is 1. The zero-order valence-electron chi connectivity index (χ0n) is 16.9. The molecule has 3 rings (SSSR count). The Hall–Kier alpha value is -1.93. The molecule has 8 heteroatoms. The number of halogens is 1. The zero-order chi connectivity index (χ0) is 21.3. The molecule has 1 aliphatic rings. The van der Waals surface area contributed by atoms with Crippen LogP contribution in [0.1, 0.15) is 40.0 Å². The van der Waals surface area contributed by atoms with Crippen LogP contribution in [-0.4, -0.2) is 50.3 Å². The highest BCUT2D eigenvalue weighted by molar-refractivity contribution is 7.89. The normalized spacial score (nSPS) is 16.7. The summed E-state index contributed by atoms with van der Waals surface area (Å²) in [5.74, 6) is -0.178. The topological polar surface area (TPSA) is 83.7 Å². The van der Waals surface area contributed by atoms with Crippen LogP contribution in [0.3, 0.4) is 0 Å². The van der Waals surface area contributed by atoms with Gasteiger partial charge in [-0.15, -0.1) is 0 Å². The molecule has 2 aromatic rings. The van der Waals surface area contributed by atoms with Crippen LogP contribution in [0.4, 0.5) is 0 Å². The second-order valence-corrected chi connectivity index (χ2v) is 9.42. The highest BCUT2D eigenvalue weighted by Crippen LogP contribution is 2.28. The number of carbonyl (C=O) groups is 1. The van der Waals surface area contributed by atoms with Crippen LogP contribution < -0.4 is 5.14 Å². The van der Waals surface area contributed by atoms with Crippen molar-refractivity contribution in [3.63, 3.8) is 0 Å². The molecule has 156 valence electrons. The molecule has 29 heavy (non-hydrogen) atoms. The van der Waals surface area contributed by atoms with E-state index in [1.807, 2.05) is 24.3 Å². The summed E-state index contributed by atoms with van der Waals surface area (Å²) >= 11 is 6.33. The van der Waals surface area contributed by atoms with Crippen molar-refractivity contribution in [1.82, 2.24) is 9.80 Å². The zero-order valence-corrected chi connectivity index (χ0v) is 18.4. The Balaban J connectivity index is 1.74. The molecule has 0 aliphatic carbocycles. The maximum absolute atomic E-state index is 13.0. The van der Waals surface area contributed by atoms with Crippen molar-refractivity contribution >= 4 is 27.5 Å². The first kappa shape index (κ1) is 21.8. The molecule has 2 N–H and O–H groups in total. The number of hydrogen-bond acceptors (Lipinski definition) is 4. The third-order valence-corrected chi connectivity index (χ3v) is 7.06. The molecular formula is C21H26ClN3O3S. The van der Waals surface area contributed by atoms with E-state index in [0.717, 1.165) is 16.1 Å². The summed E-state index contributed by atoms with van der Waals surface area (Å²) in [6.07, 6.45) is 0. The van der Waals surface area contributed by atoms with Crippen LogP contribution >= 0.6 is 11.6 Å². The van der Waals surface area contributed by atoms with E-state index in [0.29, 0.717) is 37.3 Å².